The molecule has 0 spiro atoms. The summed E-state index contributed by atoms with van der Waals surface area (Å²) in [5.74, 6) is 1.86. The van der Waals surface area contributed by atoms with Crippen molar-refractivity contribution in [2.75, 3.05) is 7.05 Å². The van der Waals surface area contributed by atoms with Gasteiger partial charge in [-0.25, -0.2) is 0 Å². The first-order valence-electron chi connectivity index (χ1n) is 7.03. The smallest absolute Gasteiger partial charge is 0.230 e. The predicted octanol–water partition coefficient (Wildman–Crippen LogP) is 3.74. The topological polar surface area (TPSA) is 51.0 Å². The molecule has 0 radical (unpaired) electrons. The monoisotopic (exact) mass is 335 g/mol. The van der Waals surface area contributed by atoms with Crippen LogP contribution in [0.4, 0.5) is 0 Å². The molecule has 3 rings (SSSR count). The summed E-state index contributed by atoms with van der Waals surface area (Å²) in [6.45, 7) is 0. The highest BCUT2D eigenvalue weighted by atomic mass is 79.9. The average Bonchev–Trinajstić information content (AvgIpc) is 2.97. The van der Waals surface area contributed by atoms with E-state index >= 15 is 0 Å². The second-order valence-electron chi connectivity index (χ2n) is 5.27. The lowest BCUT2D eigenvalue weighted by atomic mass is 9.86. The highest BCUT2D eigenvalue weighted by Gasteiger charge is 2.26. The van der Waals surface area contributed by atoms with Gasteiger partial charge in [-0.15, -0.1) is 0 Å². The van der Waals surface area contributed by atoms with E-state index in [0.717, 1.165) is 28.8 Å². The number of nitrogens with zero attached hydrogens (tertiary/aromatic N) is 2. The summed E-state index contributed by atoms with van der Waals surface area (Å²) in [6, 6.07) is 8.58. The zero-order valence-corrected chi connectivity index (χ0v) is 13.1. The van der Waals surface area contributed by atoms with Crippen molar-refractivity contribution >= 4 is 15.9 Å². The molecular formula is C15H18BrN3O. The molecular weight excluding hydrogens is 318 g/mol. The lowest BCUT2D eigenvalue weighted by Gasteiger charge is -2.25. The van der Waals surface area contributed by atoms with Crippen LogP contribution in [0.3, 0.4) is 0 Å². The second-order valence-corrected chi connectivity index (χ2v) is 6.13. The summed E-state index contributed by atoms with van der Waals surface area (Å²) in [5, 5.41) is 7.47. The van der Waals surface area contributed by atoms with E-state index < -0.39 is 0 Å². The van der Waals surface area contributed by atoms with E-state index in [0.29, 0.717) is 17.8 Å². The summed E-state index contributed by atoms with van der Waals surface area (Å²) in [4.78, 5) is 4.59. The van der Waals surface area contributed by atoms with Gasteiger partial charge >= 0.3 is 0 Å². The van der Waals surface area contributed by atoms with E-state index in [9.17, 15) is 0 Å². The van der Waals surface area contributed by atoms with Crippen LogP contribution < -0.4 is 5.32 Å². The van der Waals surface area contributed by atoms with E-state index in [1.807, 2.05) is 31.3 Å². The highest BCUT2D eigenvalue weighted by molar-refractivity contribution is 9.10. The third kappa shape index (κ3) is 2.79. The van der Waals surface area contributed by atoms with Crippen molar-refractivity contribution in [1.29, 1.82) is 0 Å². The van der Waals surface area contributed by atoms with Gasteiger partial charge in [-0.1, -0.05) is 33.2 Å². The predicted molar refractivity (Wildman–Crippen MR) is 81.5 cm³/mol. The maximum Gasteiger partial charge on any atom is 0.230 e. The highest BCUT2D eigenvalue weighted by Crippen LogP contribution is 2.33. The number of rotatable bonds is 3. The van der Waals surface area contributed by atoms with E-state index in [4.69, 9.17) is 4.52 Å². The molecule has 1 saturated carbocycles. The molecule has 1 aromatic carbocycles. The number of aromatic nitrogens is 2. The molecule has 1 aliphatic rings. The second kappa shape index (κ2) is 6.06. The summed E-state index contributed by atoms with van der Waals surface area (Å²) in [7, 11) is 2.03. The molecule has 0 bridgehead atoms. The number of hydrogen-bond acceptors (Lipinski definition) is 4. The molecule has 1 heterocycles. The zero-order valence-electron chi connectivity index (χ0n) is 11.5. The number of nitrogens with one attached hydrogen (secondary N) is 1. The van der Waals surface area contributed by atoms with Gasteiger partial charge in [0.05, 0.1) is 0 Å². The van der Waals surface area contributed by atoms with Crippen LogP contribution in [-0.4, -0.2) is 23.2 Å². The van der Waals surface area contributed by atoms with Crippen molar-refractivity contribution in [2.24, 2.45) is 0 Å². The number of hydrogen-bond donors (Lipinski definition) is 1. The molecule has 2 aromatic rings. The molecule has 1 aliphatic carbocycles. The van der Waals surface area contributed by atoms with Crippen LogP contribution in [-0.2, 0) is 0 Å². The van der Waals surface area contributed by atoms with E-state index in [-0.39, 0.29) is 0 Å². The first-order chi connectivity index (χ1) is 9.78. The lowest BCUT2D eigenvalue weighted by Crippen LogP contribution is -2.29. The van der Waals surface area contributed by atoms with Crippen molar-refractivity contribution in [3.05, 3.63) is 34.6 Å². The Kier molecular flexibility index (Phi) is 4.17. The van der Waals surface area contributed by atoms with Crippen LogP contribution in [0.25, 0.3) is 11.4 Å². The Morgan fingerprint density at radius 2 is 1.95 bits per heavy atom. The lowest BCUT2D eigenvalue weighted by molar-refractivity contribution is 0.289. The van der Waals surface area contributed by atoms with Gasteiger partial charge in [-0.2, -0.15) is 4.98 Å². The Morgan fingerprint density at radius 1 is 1.20 bits per heavy atom. The van der Waals surface area contributed by atoms with Crippen LogP contribution in [0.15, 0.2) is 33.3 Å². The van der Waals surface area contributed by atoms with Crippen molar-refractivity contribution < 1.29 is 4.52 Å². The number of halogens is 1. The van der Waals surface area contributed by atoms with Crippen LogP contribution in [0, 0.1) is 0 Å². The summed E-state index contributed by atoms with van der Waals surface area (Å²) in [5.41, 5.74) is 0.978. The fourth-order valence-electron chi connectivity index (χ4n) is 2.78. The van der Waals surface area contributed by atoms with E-state index in [2.05, 4.69) is 31.4 Å². The minimum atomic E-state index is 0.406. The molecule has 1 fully saturated rings. The molecule has 0 atom stereocenters. The average molecular weight is 336 g/mol. The van der Waals surface area contributed by atoms with Gasteiger partial charge in [0.2, 0.25) is 11.7 Å². The summed E-state index contributed by atoms with van der Waals surface area (Å²) < 4.78 is 6.47. The number of benzene rings is 1. The Morgan fingerprint density at radius 3 is 2.65 bits per heavy atom. The van der Waals surface area contributed by atoms with Crippen molar-refractivity contribution in [1.82, 2.24) is 15.5 Å². The fraction of sp³-hybridized carbons (Fsp3) is 0.467. The molecule has 0 amide bonds. The molecule has 1 N–H and O–H groups in total. The van der Waals surface area contributed by atoms with E-state index in [1.165, 1.54) is 12.8 Å². The maximum atomic E-state index is 5.48. The molecule has 0 unspecified atom stereocenters. The van der Waals surface area contributed by atoms with Gasteiger partial charge in [0.1, 0.15) is 0 Å². The Labute approximate surface area is 127 Å². The van der Waals surface area contributed by atoms with Crippen LogP contribution in [0.5, 0.6) is 0 Å². The summed E-state index contributed by atoms with van der Waals surface area (Å²) >= 11 is 3.53. The van der Waals surface area contributed by atoms with Gasteiger partial charge in [0.15, 0.2) is 0 Å². The molecule has 4 nitrogen and oxygen atoms in total. The standard InChI is InChI=1S/C15H18BrN3O/c1-17-11-8-6-10(7-9-11)15-18-14(19-20-15)12-4-2-3-5-13(12)16/h2-5,10-11,17H,6-9H2,1H3. The molecule has 1 aromatic heterocycles. The van der Waals surface area contributed by atoms with Crippen molar-refractivity contribution in [3.8, 4) is 11.4 Å². The quantitative estimate of drug-likeness (QED) is 0.928. The molecule has 5 heteroatoms. The van der Waals surface area contributed by atoms with Crippen LogP contribution >= 0.6 is 15.9 Å². The van der Waals surface area contributed by atoms with Crippen molar-refractivity contribution in [2.45, 2.75) is 37.6 Å². The van der Waals surface area contributed by atoms with Gasteiger partial charge in [-0.05, 0) is 44.9 Å². The van der Waals surface area contributed by atoms with Crippen molar-refractivity contribution in [3.63, 3.8) is 0 Å². The maximum absolute atomic E-state index is 5.48. The van der Waals surface area contributed by atoms with Crippen LogP contribution in [0.2, 0.25) is 0 Å². The molecule has 106 valence electrons. The Hall–Kier alpha value is -1.20. The molecule has 0 aliphatic heterocycles. The first kappa shape index (κ1) is 13.8. The van der Waals surface area contributed by atoms with Gasteiger partial charge < -0.3 is 9.84 Å². The minimum Gasteiger partial charge on any atom is -0.339 e. The first-order valence-corrected chi connectivity index (χ1v) is 7.83. The fourth-order valence-corrected chi connectivity index (χ4v) is 3.24. The Bertz CT molecular complexity index is 576. The third-order valence-electron chi connectivity index (χ3n) is 4.04. The van der Waals surface area contributed by atoms with Crippen LogP contribution in [0.1, 0.15) is 37.5 Å². The molecule has 20 heavy (non-hydrogen) atoms. The SMILES string of the molecule is CNC1CCC(c2nc(-c3ccccc3Br)no2)CC1. The van der Waals surface area contributed by atoms with Gasteiger partial charge in [0.25, 0.3) is 0 Å². The largest absolute Gasteiger partial charge is 0.339 e. The Balaban J connectivity index is 1.76. The third-order valence-corrected chi connectivity index (χ3v) is 4.73. The van der Waals surface area contributed by atoms with Gasteiger partial charge in [-0.3, -0.25) is 0 Å². The molecule has 0 saturated heterocycles. The normalized spacial score (nSPS) is 22.9. The minimum absolute atomic E-state index is 0.406. The zero-order chi connectivity index (χ0) is 13.9. The van der Waals surface area contributed by atoms with E-state index in [1.54, 1.807) is 0 Å². The summed E-state index contributed by atoms with van der Waals surface area (Å²) in [6.07, 6.45) is 4.58. The van der Waals surface area contributed by atoms with Gasteiger partial charge in [0, 0.05) is 22.0 Å².